The first-order valence-electron chi connectivity index (χ1n) is 7.64. The first-order chi connectivity index (χ1) is 14.3. The lowest BCUT2D eigenvalue weighted by Gasteiger charge is -2.00. The van der Waals surface area contributed by atoms with Gasteiger partial charge < -0.3 is 4.98 Å². The maximum Gasteiger partial charge on any atom is 0.345 e. The van der Waals surface area contributed by atoms with Gasteiger partial charge in [0.05, 0.1) is 21.1 Å². The number of halogens is 8. The van der Waals surface area contributed by atoms with Crippen molar-refractivity contribution in [2.24, 2.45) is 0 Å². The van der Waals surface area contributed by atoms with Crippen LogP contribution in [0.3, 0.4) is 0 Å². The van der Waals surface area contributed by atoms with Gasteiger partial charge in [0.25, 0.3) is 0 Å². The number of aromatic nitrogens is 4. The fraction of sp³-hybridized carbons (Fsp3) is 0.0588. The summed E-state index contributed by atoms with van der Waals surface area (Å²) in [5.41, 5.74) is 0.895. The van der Waals surface area contributed by atoms with Crippen LogP contribution in [-0.2, 0) is 4.57 Å². The molecule has 0 radical (unpaired) electrons. The lowest BCUT2D eigenvalue weighted by molar-refractivity contribution is 0.600. The van der Waals surface area contributed by atoms with Crippen LogP contribution in [0.1, 0.15) is 7.43 Å². The molecule has 0 bridgehead atoms. The van der Waals surface area contributed by atoms with E-state index in [0.717, 1.165) is 19.7 Å². The molecule has 1 N–H and O–H groups in total. The Morgan fingerprint density at radius 3 is 1.94 bits per heavy atom. The summed E-state index contributed by atoms with van der Waals surface area (Å²) in [5, 5.41) is -0.281. The fourth-order valence-electron chi connectivity index (χ4n) is 2.14. The van der Waals surface area contributed by atoms with Gasteiger partial charge in [0.2, 0.25) is 5.28 Å². The van der Waals surface area contributed by atoms with E-state index in [2.05, 4.69) is 85.5 Å². The van der Waals surface area contributed by atoms with Gasteiger partial charge >= 0.3 is 10.9 Å². The van der Waals surface area contributed by atoms with E-state index >= 15 is 0 Å². The quantitative estimate of drug-likeness (QED) is 0.145. The number of aromatic amines is 1. The van der Waals surface area contributed by atoms with E-state index in [9.17, 15) is 9.36 Å². The maximum absolute atomic E-state index is 10.9. The number of nitrogens with one attached hydrogen (secondary N) is 1. The predicted octanol–water partition coefficient (Wildman–Crippen LogP) is 9.49. The lowest BCUT2D eigenvalue weighted by Crippen LogP contribution is -2.08. The van der Waals surface area contributed by atoms with Crippen LogP contribution in [0.5, 0.6) is 0 Å². The van der Waals surface area contributed by atoms with E-state index in [4.69, 9.17) is 34.8 Å². The molecule has 0 aliphatic rings. The van der Waals surface area contributed by atoms with Gasteiger partial charge in [-0.05, 0) is 69.6 Å². The van der Waals surface area contributed by atoms with Gasteiger partial charge in [-0.25, -0.2) is 19.7 Å². The minimum atomic E-state index is -3.22. The number of nitrogens with zero attached hydrogens (tertiary/aromatic N) is 3. The molecule has 0 unspecified atom stereocenters. The third-order valence-corrected chi connectivity index (χ3v) is 4.89. The maximum atomic E-state index is 10.9. The monoisotopic (exact) mass is 702 g/mol. The van der Waals surface area contributed by atoms with Crippen molar-refractivity contribution in [2.45, 2.75) is 7.43 Å². The molecule has 0 aliphatic carbocycles. The molecule has 2 aromatic carbocycles. The van der Waals surface area contributed by atoms with Crippen LogP contribution < -0.4 is 5.69 Å². The van der Waals surface area contributed by atoms with Gasteiger partial charge in [-0.15, -0.1) is 0 Å². The van der Waals surface area contributed by atoms with Crippen molar-refractivity contribution in [1.82, 2.24) is 19.9 Å². The minimum Gasteiger partial charge on any atom is -0.304 e. The second-order valence-electron chi connectivity index (χ2n) is 5.40. The number of benzene rings is 2. The summed E-state index contributed by atoms with van der Waals surface area (Å²) < 4.78 is 11.3. The molecule has 0 atom stereocenters. The molecular formula is C17H11Br2Cl6N4O2P. The second-order valence-corrected chi connectivity index (χ2v) is 15.0. The highest BCUT2D eigenvalue weighted by atomic mass is 79.9. The molecule has 2 heterocycles. The second kappa shape index (κ2) is 13.1. The highest BCUT2D eigenvalue weighted by molar-refractivity contribution is 9.10. The summed E-state index contributed by atoms with van der Waals surface area (Å²) in [6, 6.07) is 7.22. The van der Waals surface area contributed by atoms with E-state index in [-0.39, 0.29) is 12.7 Å². The van der Waals surface area contributed by atoms with Crippen LogP contribution in [-0.4, -0.2) is 19.9 Å². The number of H-pyrrole nitrogens is 1. The summed E-state index contributed by atoms with van der Waals surface area (Å²) in [7, 11) is 0. The van der Waals surface area contributed by atoms with Crippen molar-refractivity contribution in [3.05, 3.63) is 71.4 Å². The Balaban J connectivity index is 0.000000259. The lowest BCUT2D eigenvalue weighted by atomic mass is 10.2. The molecule has 0 spiro atoms. The van der Waals surface area contributed by atoms with Crippen molar-refractivity contribution in [1.29, 1.82) is 0 Å². The predicted molar refractivity (Wildman–Crippen MR) is 144 cm³/mol. The van der Waals surface area contributed by atoms with E-state index in [1.165, 1.54) is 6.20 Å². The van der Waals surface area contributed by atoms with Gasteiger partial charge in [-0.2, -0.15) is 0 Å². The molecule has 4 rings (SSSR count). The molecule has 32 heavy (non-hydrogen) atoms. The molecule has 0 amide bonds. The van der Waals surface area contributed by atoms with Crippen LogP contribution in [0.15, 0.2) is 50.4 Å². The topological polar surface area (TPSA) is 88.6 Å². The number of rotatable bonds is 0. The van der Waals surface area contributed by atoms with E-state index in [1.807, 2.05) is 12.1 Å². The smallest absolute Gasteiger partial charge is 0.304 e. The molecule has 15 heteroatoms. The Kier molecular flexibility index (Phi) is 12.2. The van der Waals surface area contributed by atoms with Crippen LogP contribution >= 0.6 is 106 Å². The Morgan fingerprint density at radius 2 is 1.34 bits per heavy atom. The zero-order chi connectivity index (χ0) is 23.3. The Morgan fingerprint density at radius 1 is 0.844 bits per heavy atom. The largest absolute Gasteiger partial charge is 0.345 e. The summed E-state index contributed by atoms with van der Waals surface area (Å²) in [6.45, 7) is 0. The summed E-state index contributed by atoms with van der Waals surface area (Å²) in [5.74, 6) is 0. The molecule has 0 saturated heterocycles. The first kappa shape index (κ1) is 29.9. The number of hydrogen-bond donors (Lipinski definition) is 1. The Labute approximate surface area is 228 Å². The standard InChI is InChI=1S/C8H3BrCl2N2.C8H4BrClN2O.CH4.Cl3OP/c9-5-1-4-3-12-8(11)13-7(4)6(10)2-5;9-5-1-4-3-11-8(13)12-7(4)6(10)2-5;;1-5(2,3)4/h1-3H;1-3H,(H,11,12,13);1H4;. The van der Waals surface area contributed by atoms with Gasteiger partial charge in [-0.1, -0.05) is 62.5 Å². The van der Waals surface area contributed by atoms with Crippen molar-refractivity contribution >= 4 is 127 Å². The summed E-state index contributed by atoms with van der Waals surface area (Å²) in [4.78, 5) is 24.9. The average molecular weight is 707 g/mol. The summed E-state index contributed by atoms with van der Waals surface area (Å²) in [6.07, 6.45) is 3.13. The molecule has 6 nitrogen and oxygen atoms in total. The van der Waals surface area contributed by atoms with Crippen LogP contribution in [0.25, 0.3) is 21.8 Å². The molecule has 2 aromatic heterocycles. The molecule has 0 fully saturated rings. The molecule has 172 valence electrons. The van der Waals surface area contributed by atoms with Crippen molar-refractivity contribution in [2.75, 3.05) is 0 Å². The number of fused-ring (bicyclic) bond motifs is 2. The van der Waals surface area contributed by atoms with Crippen LogP contribution in [0.4, 0.5) is 0 Å². The molecular weight excluding hydrogens is 696 g/mol. The van der Waals surface area contributed by atoms with Gasteiger partial charge in [0.1, 0.15) is 0 Å². The zero-order valence-electron chi connectivity index (χ0n) is 14.6. The Hall–Kier alpha value is -0.150. The number of hydrogen-bond acceptors (Lipinski definition) is 5. The fourth-order valence-corrected chi connectivity index (χ4v) is 4.03. The van der Waals surface area contributed by atoms with Gasteiger partial charge in [0, 0.05) is 32.1 Å². The molecule has 4 aromatic rings. The summed E-state index contributed by atoms with van der Waals surface area (Å²) >= 11 is 38.0. The van der Waals surface area contributed by atoms with Gasteiger partial charge in [-0.3, -0.25) is 4.57 Å². The highest BCUT2D eigenvalue weighted by Crippen LogP contribution is 2.61. The highest BCUT2D eigenvalue weighted by Gasteiger charge is 2.04. The molecule has 0 aliphatic heterocycles. The molecule has 0 saturated carbocycles. The minimum absolute atomic E-state index is 0. The van der Waals surface area contributed by atoms with E-state index < -0.39 is 10.9 Å². The average Bonchev–Trinajstić information content (AvgIpc) is 2.62. The van der Waals surface area contributed by atoms with Crippen LogP contribution in [0.2, 0.25) is 15.3 Å². The van der Waals surface area contributed by atoms with Crippen LogP contribution in [0, 0.1) is 0 Å². The van der Waals surface area contributed by atoms with Crippen molar-refractivity contribution < 1.29 is 4.57 Å². The van der Waals surface area contributed by atoms with Crippen molar-refractivity contribution in [3.8, 4) is 0 Å². The zero-order valence-corrected chi connectivity index (χ0v) is 23.2. The third-order valence-electron chi connectivity index (χ3n) is 3.21. The third kappa shape index (κ3) is 10.00. The normalized spacial score (nSPS) is 10.5. The van der Waals surface area contributed by atoms with E-state index in [1.54, 1.807) is 18.3 Å². The first-order valence-corrected chi connectivity index (χ1v) is 14.8. The van der Waals surface area contributed by atoms with Gasteiger partial charge in [0.15, 0.2) is 0 Å². The SMILES string of the molecule is C.Clc1ncc2cc(Br)cc(Cl)c2n1.O=P(Cl)(Cl)Cl.O=c1ncc2cc(Br)cc(Cl)c2[nH]1. The van der Waals surface area contributed by atoms with E-state index in [0.29, 0.717) is 21.1 Å². The van der Waals surface area contributed by atoms with Crippen molar-refractivity contribution in [3.63, 3.8) is 0 Å². The Bertz CT molecular complexity index is 1340.